The van der Waals surface area contributed by atoms with Crippen molar-refractivity contribution in [1.82, 2.24) is 0 Å². The summed E-state index contributed by atoms with van der Waals surface area (Å²) in [6.45, 7) is 4.19. The van der Waals surface area contributed by atoms with E-state index < -0.39 is 5.97 Å². The summed E-state index contributed by atoms with van der Waals surface area (Å²) in [5.74, 6) is -0.275. The minimum Gasteiger partial charge on any atom is -0.463 e. The third kappa shape index (κ3) is 6.40. The lowest BCUT2D eigenvalue weighted by atomic mass is 10.1. The van der Waals surface area contributed by atoms with E-state index in [0.717, 1.165) is 17.5 Å². The SMILES string of the molecule is CCOC(=O)/C=C/c1ccc(/C=C/C(=O)Oc2ccc(CC)cc2)cc1. The van der Waals surface area contributed by atoms with Crippen LogP contribution in [0.4, 0.5) is 0 Å². The molecule has 0 aliphatic carbocycles. The highest BCUT2D eigenvalue weighted by atomic mass is 16.5. The first-order valence-electron chi connectivity index (χ1n) is 8.54. The topological polar surface area (TPSA) is 52.6 Å². The molecular weight excluding hydrogens is 328 g/mol. The Bertz CT molecular complexity index is 784. The monoisotopic (exact) mass is 350 g/mol. The fourth-order valence-electron chi connectivity index (χ4n) is 2.18. The van der Waals surface area contributed by atoms with Gasteiger partial charge >= 0.3 is 11.9 Å². The summed E-state index contributed by atoms with van der Waals surface area (Å²) in [5, 5.41) is 0. The molecule has 0 unspecified atom stereocenters. The largest absolute Gasteiger partial charge is 0.463 e. The van der Waals surface area contributed by atoms with Crippen LogP contribution in [0.1, 0.15) is 30.5 Å². The number of carbonyl (C=O) groups is 2. The van der Waals surface area contributed by atoms with E-state index in [1.54, 1.807) is 31.2 Å². The molecule has 2 aromatic carbocycles. The second kappa shape index (κ2) is 9.99. The fourth-order valence-corrected chi connectivity index (χ4v) is 2.18. The first-order chi connectivity index (χ1) is 12.6. The van der Waals surface area contributed by atoms with Gasteiger partial charge in [-0.1, -0.05) is 43.3 Å². The maximum atomic E-state index is 11.9. The van der Waals surface area contributed by atoms with Crippen LogP contribution in [-0.4, -0.2) is 18.5 Å². The van der Waals surface area contributed by atoms with E-state index in [1.807, 2.05) is 36.4 Å². The van der Waals surface area contributed by atoms with Crippen LogP contribution in [0, 0.1) is 0 Å². The third-order valence-electron chi connectivity index (χ3n) is 3.60. The quantitative estimate of drug-likeness (QED) is 0.421. The number of aryl methyl sites for hydroxylation is 1. The molecule has 26 heavy (non-hydrogen) atoms. The van der Waals surface area contributed by atoms with Gasteiger partial charge in [0.1, 0.15) is 5.75 Å². The van der Waals surface area contributed by atoms with Gasteiger partial charge in [0.15, 0.2) is 0 Å². The average molecular weight is 350 g/mol. The highest BCUT2D eigenvalue weighted by molar-refractivity contribution is 5.89. The van der Waals surface area contributed by atoms with Gasteiger partial charge in [0.25, 0.3) is 0 Å². The van der Waals surface area contributed by atoms with Crippen molar-refractivity contribution in [3.8, 4) is 5.75 Å². The van der Waals surface area contributed by atoms with Gasteiger partial charge < -0.3 is 9.47 Å². The van der Waals surface area contributed by atoms with E-state index in [1.165, 1.54) is 17.7 Å². The summed E-state index contributed by atoms with van der Waals surface area (Å²) in [6.07, 6.45) is 7.08. The maximum Gasteiger partial charge on any atom is 0.336 e. The van der Waals surface area contributed by atoms with Crippen LogP contribution < -0.4 is 4.74 Å². The van der Waals surface area contributed by atoms with Gasteiger partial charge in [-0.15, -0.1) is 0 Å². The lowest BCUT2D eigenvalue weighted by Gasteiger charge is -2.02. The summed E-state index contributed by atoms with van der Waals surface area (Å²) >= 11 is 0. The van der Waals surface area contributed by atoms with E-state index in [4.69, 9.17) is 9.47 Å². The Labute approximate surface area is 153 Å². The molecule has 0 aromatic heterocycles. The molecular formula is C22H22O4. The normalized spacial score (nSPS) is 11.0. The minimum absolute atomic E-state index is 0.353. The molecule has 0 saturated carbocycles. The molecule has 0 amide bonds. The number of rotatable bonds is 7. The van der Waals surface area contributed by atoms with E-state index in [2.05, 4.69) is 6.92 Å². The van der Waals surface area contributed by atoms with E-state index in [-0.39, 0.29) is 5.97 Å². The predicted octanol–water partition coefficient (Wildman–Crippen LogP) is 4.44. The van der Waals surface area contributed by atoms with Gasteiger partial charge in [0.2, 0.25) is 0 Å². The Balaban J connectivity index is 1.90. The van der Waals surface area contributed by atoms with Crippen LogP contribution in [0.15, 0.2) is 60.7 Å². The molecule has 0 saturated heterocycles. The van der Waals surface area contributed by atoms with Crippen molar-refractivity contribution in [3.63, 3.8) is 0 Å². The highest BCUT2D eigenvalue weighted by Gasteiger charge is 2.00. The molecule has 0 N–H and O–H groups in total. The Hall–Kier alpha value is -3.14. The molecule has 0 heterocycles. The fraction of sp³-hybridized carbons (Fsp3) is 0.182. The van der Waals surface area contributed by atoms with Crippen molar-refractivity contribution in [3.05, 3.63) is 77.4 Å². The highest BCUT2D eigenvalue weighted by Crippen LogP contribution is 2.13. The Morgan fingerprint density at radius 1 is 0.808 bits per heavy atom. The zero-order chi connectivity index (χ0) is 18.8. The van der Waals surface area contributed by atoms with Gasteiger partial charge in [-0.25, -0.2) is 9.59 Å². The maximum absolute atomic E-state index is 11.9. The first-order valence-corrected chi connectivity index (χ1v) is 8.54. The number of hydrogen-bond acceptors (Lipinski definition) is 4. The molecule has 134 valence electrons. The van der Waals surface area contributed by atoms with Crippen LogP contribution in [0.25, 0.3) is 12.2 Å². The number of benzene rings is 2. The number of carbonyl (C=O) groups excluding carboxylic acids is 2. The minimum atomic E-state index is -0.430. The molecule has 2 aromatic rings. The lowest BCUT2D eigenvalue weighted by Crippen LogP contribution is -2.03. The smallest absolute Gasteiger partial charge is 0.336 e. The van der Waals surface area contributed by atoms with Crippen LogP contribution in [0.3, 0.4) is 0 Å². The molecule has 4 nitrogen and oxygen atoms in total. The van der Waals surface area contributed by atoms with Crippen LogP contribution >= 0.6 is 0 Å². The Morgan fingerprint density at radius 3 is 1.85 bits per heavy atom. The molecule has 0 spiro atoms. The van der Waals surface area contributed by atoms with Crippen molar-refractivity contribution in [1.29, 1.82) is 0 Å². The van der Waals surface area contributed by atoms with Crippen molar-refractivity contribution < 1.29 is 19.1 Å². The number of ether oxygens (including phenoxy) is 2. The zero-order valence-electron chi connectivity index (χ0n) is 15.0. The molecule has 2 rings (SSSR count). The molecule has 0 aliphatic heterocycles. The molecule has 0 aliphatic rings. The van der Waals surface area contributed by atoms with E-state index in [9.17, 15) is 9.59 Å². The van der Waals surface area contributed by atoms with Crippen molar-refractivity contribution in [2.75, 3.05) is 6.61 Å². The molecule has 0 atom stereocenters. The summed E-state index contributed by atoms with van der Waals surface area (Å²) in [5.41, 5.74) is 2.92. The van der Waals surface area contributed by atoms with Crippen molar-refractivity contribution >= 4 is 24.1 Å². The van der Waals surface area contributed by atoms with E-state index >= 15 is 0 Å². The number of esters is 2. The van der Waals surface area contributed by atoms with Crippen molar-refractivity contribution in [2.45, 2.75) is 20.3 Å². The van der Waals surface area contributed by atoms with Crippen LogP contribution in [0.2, 0.25) is 0 Å². The summed E-state index contributed by atoms with van der Waals surface area (Å²) in [6, 6.07) is 14.9. The molecule has 4 heteroatoms. The lowest BCUT2D eigenvalue weighted by molar-refractivity contribution is -0.137. The van der Waals surface area contributed by atoms with Gasteiger partial charge in [-0.3, -0.25) is 0 Å². The predicted molar refractivity (Wildman–Crippen MR) is 103 cm³/mol. The Kier molecular flexibility index (Phi) is 7.37. The van der Waals surface area contributed by atoms with Gasteiger partial charge in [-0.05, 0) is 54.3 Å². The first kappa shape index (κ1) is 19.2. The molecule has 0 radical (unpaired) electrons. The summed E-state index contributed by atoms with van der Waals surface area (Å²) in [4.78, 5) is 23.1. The van der Waals surface area contributed by atoms with Gasteiger partial charge in [0, 0.05) is 12.2 Å². The van der Waals surface area contributed by atoms with Crippen LogP contribution in [-0.2, 0) is 20.7 Å². The van der Waals surface area contributed by atoms with Crippen LogP contribution in [0.5, 0.6) is 5.75 Å². The van der Waals surface area contributed by atoms with Gasteiger partial charge in [-0.2, -0.15) is 0 Å². The van der Waals surface area contributed by atoms with Crippen molar-refractivity contribution in [2.24, 2.45) is 0 Å². The third-order valence-corrected chi connectivity index (χ3v) is 3.60. The van der Waals surface area contributed by atoms with E-state index in [0.29, 0.717) is 12.4 Å². The Morgan fingerprint density at radius 2 is 1.35 bits per heavy atom. The molecule has 0 fully saturated rings. The summed E-state index contributed by atoms with van der Waals surface area (Å²) in [7, 11) is 0. The standard InChI is InChI=1S/C22H22O4/c1-3-17-9-13-20(14-10-17)26-22(24)16-12-19-7-5-18(6-8-19)11-15-21(23)25-4-2/h5-16H,3-4H2,1-2H3/b15-11+,16-12+. The second-order valence-electron chi connectivity index (χ2n) is 5.50. The average Bonchev–Trinajstić information content (AvgIpc) is 2.66. The summed E-state index contributed by atoms with van der Waals surface area (Å²) < 4.78 is 10.1. The number of hydrogen-bond donors (Lipinski definition) is 0. The zero-order valence-corrected chi connectivity index (χ0v) is 15.0. The second-order valence-corrected chi connectivity index (χ2v) is 5.50. The van der Waals surface area contributed by atoms with Gasteiger partial charge in [0.05, 0.1) is 6.61 Å². The molecule has 0 bridgehead atoms.